The summed E-state index contributed by atoms with van der Waals surface area (Å²) in [5, 5.41) is 3.72. The Morgan fingerprint density at radius 1 is 1.07 bits per heavy atom. The van der Waals surface area contributed by atoms with E-state index in [-0.39, 0.29) is 36.3 Å². The minimum absolute atomic E-state index is 0.111. The van der Waals surface area contributed by atoms with Crippen LogP contribution in [0, 0.1) is 11.7 Å². The minimum Gasteiger partial charge on any atom is -0.354 e. The maximum Gasteiger partial charge on any atom is 0.242 e. The highest BCUT2D eigenvalue weighted by Gasteiger charge is 2.27. The van der Waals surface area contributed by atoms with Crippen LogP contribution in [0.5, 0.6) is 0 Å². The van der Waals surface area contributed by atoms with Crippen LogP contribution in [0.4, 0.5) is 4.39 Å². The van der Waals surface area contributed by atoms with Crippen molar-refractivity contribution < 1.29 is 14.0 Å². The highest BCUT2D eigenvalue weighted by molar-refractivity contribution is 6.35. The largest absolute Gasteiger partial charge is 0.354 e. The van der Waals surface area contributed by atoms with E-state index in [0.717, 1.165) is 0 Å². The molecule has 0 unspecified atom stereocenters. The molecule has 2 aromatic carbocycles. The van der Waals surface area contributed by atoms with Crippen LogP contribution in [0.2, 0.25) is 10.0 Å². The van der Waals surface area contributed by atoms with Gasteiger partial charge in [-0.05, 0) is 42.2 Å². The number of nitrogens with zero attached hydrogens (tertiary/aromatic N) is 1. The molecule has 0 bridgehead atoms. The summed E-state index contributed by atoms with van der Waals surface area (Å²) >= 11 is 12.2. The van der Waals surface area contributed by atoms with Gasteiger partial charge in [0.15, 0.2) is 0 Å². The van der Waals surface area contributed by atoms with Gasteiger partial charge in [0.1, 0.15) is 11.9 Å². The third-order valence-corrected chi connectivity index (χ3v) is 5.09. The third kappa shape index (κ3) is 6.72. The number of carbonyl (C=O) groups is 2. The molecule has 4 nitrogen and oxygen atoms in total. The molecule has 1 atom stereocenters. The van der Waals surface area contributed by atoms with Crippen molar-refractivity contribution in [1.29, 1.82) is 0 Å². The summed E-state index contributed by atoms with van der Waals surface area (Å²) in [5.74, 6) is -0.819. The van der Waals surface area contributed by atoms with Crippen LogP contribution >= 0.6 is 23.2 Å². The lowest BCUT2D eigenvalue weighted by Gasteiger charge is -2.29. The molecule has 0 heterocycles. The Balaban J connectivity index is 2.27. The van der Waals surface area contributed by atoms with Crippen LogP contribution in [0.25, 0.3) is 0 Å². The van der Waals surface area contributed by atoms with Crippen molar-refractivity contribution in [3.8, 4) is 0 Å². The first-order valence-corrected chi connectivity index (χ1v) is 10.2. The van der Waals surface area contributed by atoms with Crippen molar-refractivity contribution in [2.24, 2.45) is 5.92 Å². The fourth-order valence-electron chi connectivity index (χ4n) is 2.77. The van der Waals surface area contributed by atoms with E-state index in [0.29, 0.717) is 22.2 Å². The van der Waals surface area contributed by atoms with Crippen molar-refractivity contribution in [2.75, 3.05) is 6.54 Å². The van der Waals surface area contributed by atoms with Crippen LogP contribution in [0.1, 0.15) is 31.9 Å². The number of amides is 2. The summed E-state index contributed by atoms with van der Waals surface area (Å²) in [6.45, 7) is 6.23. The van der Waals surface area contributed by atoms with Gasteiger partial charge in [0.2, 0.25) is 11.8 Å². The second-order valence-electron chi connectivity index (χ2n) is 7.34. The third-order valence-electron chi connectivity index (χ3n) is 4.51. The quantitative estimate of drug-likeness (QED) is 0.639. The van der Waals surface area contributed by atoms with Crippen LogP contribution in [0.15, 0.2) is 42.5 Å². The molecule has 0 spiro atoms. The van der Waals surface area contributed by atoms with Gasteiger partial charge < -0.3 is 10.2 Å². The lowest BCUT2D eigenvalue weighted by molar-refractivity contribution is -0.140. The van der Waals surface area contributed by atoms with Crippen molar-refractivity contribution >= 4 is 35.0 Å². The van der Waals surface area contributed by atoms with Crippen LogP contribution in [-0.4, -0.2) is 29.3 Å². The molecule has 1 N–H and O–H groups in total. The Labute approximate surface area is 181 Å². The average molecular weight is 439 g/mol. The van der Waals surface area contributed by atoms with Gasteiger partial charge in [-0.1, -0.05) is 61.3 Å². The van der Waals surface area contributed by atoms with Gasteiger partial charge in [-0.3, -0.25) is 9.59 Å². The molecule has 0 saturated heterocycles. The number of nitrogens with one attached hydrogen (secondary N) is 1. The molecule has 0 saturated carbocycles. The monoisotopic (exact) mass is 438 g/mol. The number of benzene rings is 2. The number of rotatable bonds is 8. The average Bonchev–Trinajstić information content (AvgIpc) is 2.66. The molecule has 0 aliphatic heterocycles. The van der Waals surface area contributed by atoms with Gasteiger partial charge in [0, 0.05) is 23.1 Å². The van der Waals surface area contributed by atoms with E-state index in [1.165, 1.54) is 11.0 Å². The lowest BCUT2D eigenvalue weighted by atomic mass is 10.1. The predicted molar refractivity (Wildman–Crippen MR) is 114 cm³/mol. The van der Waals surface area contributed by atoms with Gasteiger partial charge in [0.25, 0.3) is 0 Å². The second-order valence-corrected chi connectivity index (χ2v) is 8.18. The molecule has 0 aliphatic carbocycles. The molecule has 0 aliphatic rings. The Morgan fingerprint density at radius 3 is 2.38 bits per heavy atom. The van der Waals surface area contributed by atoms with Crippen molar-refractivity contribution in [2.45, 2.75) is 39.8 Å². The minimum atomic E-state index is -0.750. The van der Waals surface area contributed by atoms with Gasteiger partial charge in [0.05, 0.1) is 6.42 Å². The highest BCUT2D eigenvalue weighted by atomic mass is 35.5. The molecule has 0 radical (unpaired) electrons. The van der Waals surface area contributed by atoms with E-state index in [4.69, 9.17) is 23.2 Å². The first-order valence-electron chi connectivity index (χ1n) is 9.43. The maximum atomic E-state index is 14.0. The maximum absolute atomic E-state index is 14.0. The fraction of sp³-hybridized carbons (Fsp3) is 0.364. The van der Waals surface area contributed by atoms with E-state index in [2.05, 4.69) is 5.32 Å². The molecular weight excluding hydrogens is 414 g/mol. The number of carbonyl (C=O) groups excluding carboxylic acids is 2. The Bertz CT molecular complexity index is 874. The lowest BCUT2D eigenvalue weighted by Crippen LogP contribution is -2.48. The van der Waals surface area contributed by atoms with Gasteiger partial charge in [-0.15, -0.1) is 0 Å². The van der Waals surface area contributed by atoms with Crippen molar-refractivity contribution in [3.63, 3.8) is 0 Å². The van der Waals surface area contributed by atoms with E-state index in [9.17, 15) is 14.0 Å². The first kappa shape index (κ1) is 23.2. The normalized spacial score (nSPS) is 12.0. The molecule has 29 heavy (non-hydrogen) atoms. The van der Waals surface area contributed by atoms with Crippen LogP contribution in [0.3, 0.4) is 0 Å². The molecule has 0 fully saturated rings. The molecule has 7 heteroatoms. The van der Waals surface area contributed by atoms with Gasteiger partial charge >= 0.3 is 0 Å². The summed E-state index contributed by atoms with van der Waals surface area (Å²) in [6, 6.07) is 10.3. The van der Waals surface area contributed by atoms with Crippen LogP contribution in [-0.2, 0) is 22.6 Å². The molecule has 2 amide bonds. The van der Waals surface area contributed by atoms with Gasteiger partial charge in [-0.2, -0.15) is 0 Å². The summed E-state index contributed by atoms with van der Waals surface area (Å²) in [6.07, 6.45) is -0.153. The van der Waals surface area contributed by atoms with Crippen molar-refractivity contribution in [3.05, 3.63) is 69.5 Å². The van der Waals surface area contributed by atoms with E-state index in [1.807, 2.05) is 13.8 Å². The topological polar surface area (TPSA) is 49.4 Å². The smallest absolute Gasteiger partial charge is 0.242 e. The zero-order valence-electron chi connectivity index (χ0n) is 16.7. The highest BCUT2D eigenvalue weighted by Crippen LogP contribution is 2.23. The Kier molecular flexibility index (Phi) is 8.47. The molecule has 2 aromatic rings. The Hall–Kier alpha value is -2.11. The second kappa shape index (κ2) is 10.6. The molecule has 0 aromatic heterocycles. The van der Waals surface area contributed by atoms with E-state index < -0.39 is 11.9 Å². The standard InChI is InChI=1S/C22H25Cl2FN2O2/c1-14(2)12-26-22(29)15(3)27(13-17-8-9-18(23)11-19(17)24)21(28)10-16-6-4-5-7-20(16)25/h4-9,11,14-15H,10,12-13H2,1-3H3,(H,26,29)/t15-/m0/s1. The zero-order valence-corrected chi connectivity index (χ0v) is 18.2. The SMILES string of the molecule is CC(C)CNC(=O)[C@H](C)N(Cc1ccc(Cl)cc1Cl)C(=O)Cc1ccccc1F. The fourth-order valence-corrected chi connectivity index (χ4v) is 3.24. The van der Waals surface area contributed by atoms with Crippen LogP contribution < -0.4 is 5.32 Å². The predicted octanol–water partition coefficient (Wildman–Crippen LogP) is 4.86. The first-order chi connectivity index (χ1) is 13.7. The van der Waals surface area contributed by atoms with E-state index in [1.54, 1.807) is 43.3 Å². The summed E-state index contributed by atoms with van der Waals surface area (Å²) in [7, 11) is 0. The summed E-state index contributed by atoms with van der Waals surface area (Å²) < 4.78 is 14.0. The zero-order chi connectivity index (χ0) is 21.6. The summed E-state index contributed by atoms with van der Waals surface area (Å²) in [4.78, 5) is 27.1. The van der Waals surface area contributed by atoms with E-state index >= 15 is 0 Å². The molecular formula is C22H25Cl2FN2O2. The molecule has 2 rings (SSSR count). The number of hydrogen-bond acceptors (Lipinski definition) is 2. The Morgan fingerprint density at radius 2 is 1.76 bits per heavy atom. The van der Waals surface area contributed by atoms with Gasteiger partial charge in [-0.25, -0.2) is 4.39 Å². The molecule has 156 valence electrons. The van der Waals surface area contributed by atoms with Crippen molar-refractivity contribution in [1.82, 2.24) is 10.2 Å². The number of halogens is 3. The number of hydrogen-bond donors (Lipinski definition) is 1. The summed E-state index contributed by atoms with van der Waals surface area (Å²) in [5.41, 5.74) is 0.931.